The smallest absolute Gasteiger partial charge is 0.0623 e. The second-order valence-corrected chi connectivity index (χ2v) is 5.82. The van der Waals surface area contributed by atoms with Crippen LogP contribution >= 0.6 is 0 Å². The Balaban J connectivity index is -0.000000257. The third-order valence-corrected chi connectivity index (χ3v) is 2.42. The zero-order valence-electron chi connectivity index (χ0n) is 10.6. The van der Waals surface area contributed by atoms with Crippen molar-refractivity contribution in [3.63, 3.8) is 0 Å². The molecule has 0 amide bonds. The van der Waals surface area contributed by atoms with Crippen LogP contribution in [0, 0.1) is 0 Å². The van der Waals surface area contributed by atoms with Crippen molar-refractivity contribution in [1.82, 2.24) is 0 Å². The van der Waals surface area contributed by atoms with Crippen molar-refractivity contribution in [2.45, 2.75) is 11.0 Å². The molecule has 1 rings (SSSR count). The van der Waals surface area contributed by atoms with Crippen molar-refractivity contribution >= 4 is 37.3 Å². The number of halogens is 6. The fraction of sp³-hybridized carbons (Fsp3) is 0.250. The molecule has 0 radical (unpaired) electrons. The molecule has 0 aliphatic carbocycles. The predicted octanol–water partition coefficient (Wildman–Crippen LogP) is 1.56. The van der Waals surface area contributed by atoms with Crippen LogP contribution < -0.4 is 0 Å². The van der Waals surface area contributed by atoms with E-state index in [0.717, 1.165) is 0 Å². The number of benzene rings is 1. The van der Waals surface area contributed by atoms with Crippen LogP contribution in [0.3, 0.4) is 0 Å². The molecule has 0 heterocycles. The first-order valence-electron chi connectivity index (χ1n) is 4.57. The molecule has 0 unspecified atom stereocenters. The van der Waals surface area contributed by atoms with Gasteiger partial charge in [-0.2, -0.15) is 43.2 Å². The number of alkyl halides is 6. The maximum atomic E-state index is 10.7. The van der Waals surface area contributed by atoms with Crippen molar-refractivity contribution in [2.75, 3.05) is 0 Å². The van der Waals surface area contributed by atoms with Crippen LogP contribution in [0.4, 0.5) is 26.3 Å². The normalized spacial score (nSPS) is 11.8. The van der Waals surface area contributed by atoms with Gasteiger partial charge in [-0.15, -0.1) is 0 Å². The summed E-state index contributed by atoms with van der Waals surface area (Å²) >= 11 is 0. The molecule has 0 fully saturated rings. The van der Waals surface area contributed by atoms with E-state index in [-0.39, 0.29) is 17.1 Å². The first-order valence-corrected chi connectivity index (χ1v) is 7.45. The molecule has 0 aliphatic rings. The molecule has 0 aliphatic heterocycles. The summed E-state index contributed by atoms with van der Waals surface area (Å²) in [5.41, 5.74) is -11.1. The standard InChI is InChI=1S/C6H6.2CHF3O3S.H2Se/c1-2-4-6-5-3-1;2*2-1(3,4)8(5,6)7;/h1-6H;2*(H,5,6,7);1H2. The Morgan fingerprint density at radius 2 is 0.652 bits per heavy atom. The molecule has 1 aromatic rings. The molecule has 23 heavy (non-hydrogen) atoms. The summed E-state index contributed by atoms with van der Waals surface area (Å²) in [6.45, 7) is 0. The summed E-state index contributed by atoms with van der Waals surface area (Å²) in [5, 5.41) is 0. The second-order valence-electron chi connectivity index (χ2n) is 3.00. The van der Waals surface area contributed by atoms with Crippen LogP contribution in [-0.2, 0) is 20.2 Å². The third-order valence-electron chi connectivity index (χ3n) is 1.25. The van der Waals surface area contributed by atoms with E-state index < -0.39 is 31.3 Å². The van der Waals surface area contributed by atoms with Crippen molar-refractivity contribution in [2.24, 2.45) is 0 Å². The monoisotopic (exact) mass is 460 g/mol. The molecule has 0 spiro atoms. The van der Waals surface area contributed by atoms with E-state index in [1.807, 2.05) is 36.4 Å². The van der Waals surface area contributed by atoms with Crippen molar-refractivity contribution < 1.29 is 52.3 Å². The summed E-state index contributed by atoms with van der Waals surface area (Å²) < 4.78 is 115. The van der Waals surface area contributed by atoms with Gasteiger partial charge in [-0.05, 0) is 0 Å². The summed E-state index contributed by atoms with van der Waals surface area (Å²) in [5.74, 6) is 0. The minimum absolute atomic E-state index is 0. The molecular weight excluding hydrogens is 449 g/mol. The van der Waals surface area contributed by atoms with Gasteiger partial charge in [0.25, 0.3) is 0 Å². The van der Waals surface area contributed by atoms with Crippen molar-refractivity contribution in [1.29, 1.82) is 0 Å². The molecule has 0 saturated carbocycles. The van der Waals surface area contributed by atoms with Crippen molar-refractivity contribution in [3.8, 4) is 0 Å². The van der Waals surface area contributed by atoms with Gasteiger partial charge >= 0.3 is 48.3 Å². The molecule has 138 valence electrons. The zero-order chi connectivity index (χ0) is 18.2. The van der Waals surface area contributed by atoms with Gasteiger partial charge < -0.3 is 0 Å². The van der Waals surface area contributed by atoms with E-state index in [2.05, 4.69) is 0 Å². The van der Waals surface area contributed by atoms with Gasteiger partial charge in [-0.3, -0.25) is 9.11 Å². The van der Waals surface area contributed by atoms with E-state index in [0.29, 0.717) is 0 Å². The van der Waals surface area contributed by atoms with Gasteiger partial charge in [-0.1, -0.05) is 36.4 Å². The number of hydrogen-bond acceptors (Lipinski definition) is 4. The predicted molar refractivity (Wildman–Crippen MR) is 70.2 cm³/mol. The Hall–Kier alpha value is -0.861. The Kier molecular flexibility index (Phi) is 11.9. The summed E-state index contributed by atoms with van der Waals surface area (Å²) in [4.78, 5) is 0. The van der Waals surface area contributed by atoms with Crippen molar-refractivity contribution in [3.05, 3.63) is 36.4 Å². The summed E-state index contributed by atoms with van der Waals surface area (Å²) in [6, 6.07) is 12.0. The van der Waals surface area contributed by atoms with Gasteiger partial charge in [0, 0.05) is 0 Å². The quantitative estimate of drug-likeness (QED) is 0.264. The summed E-state index contributed by atoms with van der Waals surface area (Å²) in [6.07, 6.45) is 0. The summed E-state index contributed by atoms with van der Waals surface area (Å²) in [7, 11) is -11.7. The first-order chi connectivity index (χ1) is 9.50. The van der Waals surface area contributed by atoms with E-state index >= 15 is 0 Å². The number of hydrogen-bond donors (Lipinski definition) is 2. The largest absolute Gasteiger partial charge is 0.0623 e. The zero-order valence-corrected chi connectivity index (χ0v) is 14.3. The first kappa shape index (κ1) is 27.0. The van der Waals surface area contributed by atoms with Gasteiger partial charge in [0.2, 0.25) is 0 Å². The molecule has 15 heteroatoms. The molecule has 0 atom stereocenters. The van der Waals surface area contributed by atoms with E-state index in [9.17, 15) is 26.3 Å². The van der Waals surface area contributed by atoms with Crippen LogP contribution in [0.25, 0.3) is 0 Å². The molecule has 0 aromatic heterocycles. The minimum Gasteiger partial charge on any atom is -0.0623 e. The van der Waals surface area contributed by atoms with Crippen LogP contribution in [0.15, 0.2) is 36.4 Å². The number of rotatable bonds is 0. The maximum absolute atomic E-state index is 10.7. The molecule has 1 aromatic carbocycles. The molecule has 6 nitrogen and oxygen atoms in total. The van der Waals surface area contributed by atoms with Gasteiger partial charge in [0.15, 0.2) is 0 Å². The van der Waals surface area contributed by atoms with Crippen LogP contribution in [-0.4, -0.2) is 54.0 Å². The van der Waals surface area contributed by atoms with Gasteiger partial charge in [0.1, 0.15) is 0 Å². The Morgan fingerprint density at radius 3 is 0.696 bits per heavy atom. The van der Waals surface area contributed by atoms with Crippen LogP contribution in [0.5, 0.6) is 0 Å². The fourth-order valence-corrected chi connectivity index (χ4v) is 0.385. The molecule has 0 saturated heterocycles. The Labute approximate surface area is 137 Å². The molecular formula is C8H10F6O6S2Se. The Morgan fingerprint density at radius 1 is 0.565 bits per heavy atom. The minimum atomic E-state index is -5.84. The van der Waals surface area contributed by atoms with E-state index in [1.165, 1.54) is 0 Å². The second kappa shape index (κ2) is 10.1. The fourth-order valence-electron chi connectivity index (χ4n) is 0.385. The average Bonchev–Trinajstić information content (AvgIpc) is 2.27. The molecule has 0 bridgehead atoms. The SMILES string of the molecule is O=S(=O)(O)C(F)(F)F.O=S(=O)(O)C(F)(F)F.[SeH2].c1ccccc1. The topological polar surface area (TPSA) is 109 Å². The molecule has 2 N–H and O–H groups in total. The van der Waals surface area contributed by atoms with Gasteiger partial charge in [0.05, 0.1) is 0 Å². The third kappa shape index (κ3) is 14.5. The van der Waals surface area contributed by atoms with Gasteiger partial charge in [-0.25, -0.2) is 0 Å². The van der Waals surface area contributed by atoms with E-state index in [1.54, 1.807) is 0 Å². The maximum Gasteiger partial charge on any atom is -0.0623 e. The van der Waals surface area contributed by atoms with E-state index in [4.69, 9.17) is 25.9 Å². The van der Waals surface area contributed by atoms with Crippen LogP contribution in [0.2, 0.25) is 0 Å². The Bertz CT molecular complexity index is 557. The van der Waals surface area contributed by atoms with Crippen LogP contribution in [0.1, 0.15) is 0 Å². The average molecular weight is 459 g/mol.